The molecule has 27 heavy (non-hydrogen) atoms. The van der Waals surface area contributed by atoms with Gasteiger partial charge in [0.25, 0.3) is 0 Å². The molecule has 1 saturated heterocycles. The Bertz CT molecular complexity index is 959. The lowest BCUT2D eigenvalue weighted by Gasteiger charge is -2.26. The van der Waals surface area contributed by atoms with Gasteiger partial charge in [-0.3, -0.25) is 4.99 Å². The first-order valence-electron chi connectivity index (χ1n) is 8.54. The molecule has 0 saturated carbocycles. The molecule has 0 amide bonds. The molecule has 2 aliphatic heterocycles. The molecule has 5 nitrogen and oxygen atoms in total. The van der Waals surface area contributed by atoms with Crippen molar-refractivity contribution in [2.45, 2.75) is 17.8 Å². The number of sulfone groups is 1. The first-order chi connectivity index (χ1) is 12.9. The lowest BCUT2D eigenvalue weighted by atomic mass is 10.1. The second-order valence-corrected chi connectivity index (χ2v) is 10.6. The smallest absolute Gasteiger partial charge is 0.164 e. The maximum absolute atomic E-state index is 12.1. The first kappa shape index (κ1) is 18.8. The molecular formula is C19H19BrN2O3S2. The average Bonchev–Trinajstić information content (AvgIpc) is 3.12. The Morgan fingerprint density at radius 2 is 1.85 bits per heavy atom. The van der Waals surface area contributed by atoms with Crippen molar-refractivity contribution in [3.8, 4) is 5.75 Å². The van der Waals surface area contributed by atoms with E-state index < -0.39 is 9.84 Å². The van der Waals surface area contributed by atoms with Crippen LogP contribution in [-0.4, -0.2) is 44.3 Å². The molecule has 2 heterocycles. The van der Waals surface area contributed by atoms with Gasteiger partial charge in [0.2, 0.25) is 0 Å². The summed E-state index contributed by atoms with van der Waals surface area (Å²) in [7, 11) is -1.38. The molecule has 0 spiro atoms. The van der Waals surface area contributed by atoms with Crippen LogP contribution in [0.4, 0.5) is 5.69 Å². The zero-order valence-corrected chi connectivity index (χ0v) is 17.9. The Morgan fingerprint density at radius 1 is 1.15 bits per heavy atom. The number of halogens is 1. The minimum absolute atomic E-state index is 0.116. The van der Waals surface area contributed by atoms with E-state index in [1.54, 1.807) is 18.9 Å². The molecule has 2 atom stereocenters. The number of aliphatic imine (C=N–C) groups is 1. The Kier molecular flexibility index (Phi) is 5.22. The molecule has 2 aromatic carbocycles. The number of fused-ring (bicyclic) bond motifs is 1. The molecule has 0 unspecified atom stereocenters. The third-order valence-corrected chi connectivity index (χ3v) is 8.00. The van der Waals surface area contributed by atoms with Gasteiger partial charge >= 0.3 is 0 Å². The van der Waals surface area contributed by atoms with Gasteiger partial charge in [-0.2, -0.15) is 0 Å². The van der Waals surface area contributed by atoms with Crippen LogP contribution in [-0.2, 0) is 15.6 Å². The lowest BCUT2D eigenvalue weighted by Crippen LogP contribution is -2.39. The zero-order valence-electron chi connectivity index (χ0n) is 14.7. The SMILES string of the molecule is COc1ccc(CSC2=N[C@@H]3CS(=O)(=O)C[C@H]3N2c2ccc(Br)cc2)cc1. The number of amidine groups is 1. The topological polar surface area (TPSA) is 59.0 Å². The van der Waals surface area contributed by atoms with Gasteiger partial charge in [0.1, 0.15) is 5.75 Å². The summed E-state index contributed by atoms with van der Waals surface area (Å²) in [6.45, 7) is 0. The van der Waals surface area contributed by atoms with Gasteiger partial charge in [0, 0.05) is 15.9 Å². The largest absolute Gasteiger partial charge is 0.497 e. The zero-order chi connectivity index (χ0) is 19.0. The molecule has 2 aromatic rings. The van der Waals surface area contributed by atoms with Crippen LogP contribution >= 0.6 is 27.7 Å². The van der Waals surface area contributed by atoms with Crippen molar-refractivity contribution in [2.75, 3.05) is 23.5 Å². The number of nitrogens with zero attached hydrogens (tertiary/aromatic N) is 2. The van der Waals surface area contributed by atoms with E-state index in [-0.39, 0.29) is 23.6 Å². The number of thioether (sulfide) groups is 1. The van der Waals surface area contributed by atoms with Crippen molar-refractivity contribution in [3.05, 3.63) is 58.6 Å². The molecule has 142 valence electrons. The standard InChI is InChI=1S/C19H19BrN2O3S2/c1-25-16-8-2-13(3-9-16)10-26-19-21-17-11-27(23,24)12-18(17)22(19)15-6-4-14(20)5-7-15/h2-9,17-18H,10-12H2,1H3/t17-,18-/m1/s1. The van der Waals surface area contributed by atoms with Crippen molar-refractivity contribution in [1.29, 1.82) is 0 Å². The van der Waals surface area contributed by atoms with Crippen LogP contribution in [0, 0.1) is 0 Å². The van der Waals surface area contributed by atoms with Crippen LogP contribution in [0.2, 0.25) is 0 Å². The number of ether oxygens (including phenoxy) is 1. The van der Waals surface area contributed by atoms with Gasteiger partial charge in [-0.05, 0) is 42.0 Å². The van der Waals surface area contributed by atoms with E-state index in [2.05, 4.69) is 20.8 Å². The summed E-state index contributed by atoms with van der Waals surface area (Å²) in [5.41, 5.74) is 2.15. The predicted molar refractivity (Wildman–Crippen MR) is 115 cm³/mol. The van der Waals surface area contributed by atoms with E-state index >= 15 is 0 Å². The van der Waals surface area contributed by atoms with E-state index in [0.29, 0.717) is 0 Å². The normalized spacial score (nSPS) is 23.2. The van der Waals surface area contributed by atoms with Gasteiger partial charge in [-0.25, -0.2) is 8.42 Å². The molecule has 1 fully saturated rings. The quantitative estimate of drug-likeness (QED) is 0.686. The Labute approximate surface area is 171 Å². The molecule has 2 aliphatic rings. The maximum atomic E-state index is 12.1. The van der Waals surface area contributed by atoms with Crippen molar-refractivity contribution < 1.29 is 13.2 Å². The van der Waals surface area contributed by atoms with Crippen molar-refractivity contribution >= 4 is 48.4 Å². The summed E-state index contributed by atoms with van der Waals surface area (Å²) in [5.74, 6) is 1.89. The van der Waals surface area contributed by atoms with Crippen molar-refractivity contribution in [3.63, 3.8) is 0 Å². The molecule has 0 aliphatic carbocycles. The Balaban J connectivity index is 1.57. The number of rotatable bonds is 4. The van der Waals surface area contributed by atoms with E-state index in [0.717, 1.165) is 26.8 Å². The van der Waals surface area contributed by atoms with E-state index in [4.69, 9.17) is 9.73 Å². The minimum Gasteiger partial charge on any atom is -0.497 e. The van der Waals surface area contributed by atoms with Crippen molar-refractivity contribution in [1.82, 2.24) is 0 Å². The number of anilines is 1. The van der Waals surface area contributed by atoms with Crippen LogP contribution in [0.1, 0.15) is 5.56 Å². The minimum atomic E-state index is -3.03. The molecule has 0 aromatic heterocycles. The Hall–Kier alpha value is -1.51. The highest BCUT2D eigenvalue weighted by Crippen LogP contribution is 2.36. The number of benzene rings is 2. The van der Waals surface area contributed by atoms with Crippen LogP contribution in [0.25, 0.3) is 0 Å². The summed E-state index contributed by atoms with van der Waals surface area (Å²) in [5, 5.41) is 0.887. The highest BCUT2D eigenvalue weighted by molar-refractivity contribution is 9.10. The number of methoxy groups -OCH3 is 1. The van der Waals surface area contributed by atoms with Gasteiger partial charge in [0.15, 0.2) is 15.0 Å². The summed E-state index contributed by atoms with van der Waals surface area (Å²) in [6.07, 6.45) is 0. The fraction of sp³-hybridized carbons (Fsp3) is 0.316. The highest BCUT2D eigenvalue weighted by Gasteiger charge is 2.47. The second-order valence-electron chi connectivity index (χ2n) is 6.61. The summed E-state index contributed by atoms with van der Waals surface area (Å²) >= 11 is 5.10. The van der Waals surface area contributed by atoms with Gasteiger partial charge in [0.05, 0.1) is 30.7 Å². The number of hydrogen-bond donors (Lipinski definition) is 0. The van der Waals surface area contributed by atoms with Gasteiger partial charge in [-0.1, -0.05) is 39.8 Å². The molecule has 0 N–H and O–H groups in total. The molecule has 4 rings (SSSR count). The van der Waals surface area contributed by atoms with Crippen LogP contribution in [0.15, 0.2) is 58.0 Å². The molecule has 0 radical (unpaired) electrons. The fourth-order valence-electron chi connectivity index (χ4n) is 3.41. The summed E-state index contributed by atoms with van der Waals surface area (Å²) < 4.78 is 30.4. The molecule has 8 heteroatoms. The fourth-order valence-corrected chi connectivity index (χ4v) is 6.59. The third-order valence-electron chi connectivity index (χ3n) is 4.74. The average molecular weight is 467 g/mol. The summed E-state index contributed by atoms with van der Waals surface area (Å²) in [4.78, 5) is 6.86. The number of hydrogen-bond acceptors (Lipinski definition) is 6. The third kappa shape index (κ3) is 4.02. The van der Waals surface area contributed by atoms with Crippen molar-refractivity contribution in [2.24, 2.45) is 4.99 Å². The molecular weight excluding hydrogens is 448 g/mol. The highest BCUT2D eigenvalue weighted by atomic mass is 79.9. The molecule has 0 bridgehead atoms. The van der Waals surface area contributed by atoms with Gasteiger partial charge in [-0.15, -0.1) is 0 Å². The predicted octanol–water partition coefficient (Wildman–Crippen LogP) is 3.73. The Morgan fingerprint density at radius 3 is 2.52 bits per heavy atom. The monoisotopic (exact) mass is 466 g/mol. The first-order valence-corrected chi connectivity index (χ1v) is 12.1. The van der Waals surface area contributed by atoms with E-state index in [1.807, 2.05) is 48.5 Å². The van der Waals surface area contributed by atoms with Crippen LogP contribution in [0.3, 0.4) is 0 Å². The van der Waals surface area contributed by atoms with Gasteiger partial charge < -0.3 is 9.64 Å². The maximum Gasteiger partial charge on any atom is 0.164 e. The van der Waals surface area contributed by atoms with Crippen LogP contribution < -0.4 is 9.64 Å². The van der Waals surface area contributed by atoms with E-state index in [1.165, 1.54) is 5.56 Å². The summed E-state index contributed by atoms with van der Waals surface area (Å²) in [6, 6.07) is 15.6. The second kappa shape index (κ2) is 7.48. The van der Waals surface area contributed by atoms with Crippen LogP contribution in [0.5, 0.6) is 5.75 Å². The van der Waals surface area contributed by atoms with E-state index in [9.17, 15) is 8.42 Å². The lowest BCUT2D eigenvalue weighted by molar-refractivity contribution is 0.414.